The van der Waals surface area contributed by atoms with Crippen LogP contribution in [0, 0.1) is 0 Å². The molecule has 0 spiro atoms. The van der Waals surface area contributed by atoms with Gasteiger partial charge >= 0.3 is 0 Å². The third-order valence-corrected chi connectivity index (χ3v) is 4.81. The third-order valence-electron chi connectivity index (χ3n) is 2.27. The smallest absolute Gasteiger partial charge is 0.234 e. The van der Waals surface area contributed by atoms with E-state index < -0.39 is 10.0 Å². The molecule has 0 saturated carbocycles. The zero-order chi connectivity index (χ0) is 13.7. The average molecular weight is 298 g/mol. The summed E-state index contributed by atoms with van der Waals surface area (Å²) in [4.78, 5) is 0.992. The Balaban J connectivity index is 1.83. The summed E-state index contributed by atoms with van der Waals surface area (Å²) in [7, 11) is -3.35. The zero-order valence-electron chi connectivity index (χ0n) is 10.0. The van der Waals surface area contributed by atoms with Gasteiger partial charge in [0, 0.05) is 22.4 Å². The number of nitrogens with one attached hydrogen (secondary N) is 2. The van der Waals surface area contributed by atoms with Crippen LogP contribution in [-0.4, -0.2) is 30.1 Å². The minimum atomic E-state index is -3.35. The van der Waals surface area contributed by atoms with Crippen LogP contribution in [0.4, 0.5) is 11.5 Å². The third kappa shape index (κ3) is 4.49. The summed E-state index contributed by atoms with van der Waals surface area (Å²) < 4.78 is 25.9. The van der Waals surface area contributed by atoms with Gasteiger partial charge in [-0.3, -0.25) is 9.82 Å². The molecule has 1 aromatic carbocycles. The van der Waals surface area contributed by atoms with Crippen molar-refractivity contribution in [1.29, 1.82) is 0 Å². The van der Waals surface area contributed by atoms with Crippen molar-refractivity contribution in [3.63, 3.8) is 0 Å². The Bertz CT molecular complexity index is 609. The van der Waals surface area contributed by atoms with E-state index in [1.54, 1.807) is 18.2 Å². The molecule has 0 aliphatic carbocycles. The van der Waals surface area contributed by atoms with Crippen molar-refractivity contribution in [1.82, 2.24) is 10.2 Å². The van der Waals surface area contributed by atoms with E-state index in [2.05, 4.69) is 14.9 Å². The average Bonchev–Trinajstić information content (AvgIpc) is 2.83. The maximum Gasteiger partial charge on any atom is 0.234 e. The Morgan fingerprint density at radius 1 is 1.26 bits per heavy atom. The van der Waals surface area contributed by atoms with E-state index in [4.69, 9.17) is 5.73 Å². The number of sulfonamides is 1. The molecule has 8 heteroatoms. The molecule has 0 aliphatic rings. The molecule has 102 valence electrons. The minimum absolute atomic E-state index is 0.0288. The van der Waals surface area contributed by atoms with Crippen LogP contribution in [0.1, 0.15) is 0 Å². The Kier molecular flexibility index (Phi) is 4.33. The molecular formula is C11H14N4O2S2. The normalized spacial score (nSPS) is 11.4. The molecule has 0 fully saturated rings. The van der Waals surface area contributed by atoms with Crippen molar-refractivity contribution >= 4 is 33.3 Å². The van der Waals surface area contributed by atoms with Crippen molar-refractivity contribution in [2.45, 2.75) is 4.90 Å². The molecule has 2 aromatic rings. The van der Waals surface area contributed by atoms with E-state index in [-0.39, 0.29) is 5.75 Å². The molecule has 19 heavy (non-hydrogen) atoms. The molecule has 0 amide bonds. The zero-order valence-corrected chi connectivity index (χ0v) is 11.7. The monoisotopic (exact) mass is 298 g/mol. The van der Waals surface area contributed by atoms with Crippen LogP contribution in [0.5, 0.6) is 0 Å². The lowest BCUT2D eigenvalue weighted by molar-refractivity contribution is 0.602. The van der Waals surface area contributed by atoms with Crippen LogP contribution in [-0.2, 0) is 10.0 Å². The summed E-state index contributed by atoms with van der Waals surface area (Å²) in [6.07, 6.45) is 1.49. The van der Waals surface area contributed by atoms with Crippen molar-refractivity contribution in [3.8, 4) is 0 Å². The van der Waals surface area contributed by atoms with Gasteiger partial charge in [-0.05, 0) is 24.3 Å². The molecule has 0 aliphatic heterocycles. The first-order valence-electron chi connectivity index (χ1n) is 5.53. The van der Waals surface area contributed by atoms with Gasteiger partial charge in [0.2, 0.25) is 10.0 Å². The SMILES string of the molecule is Nc1ccc(SCCS(=O)(=O)Nc2ccn[nH]2)cc1. The van der Waals surface area contributed by atoms with E-state index in [0.717, 1.165) is 4.90 Å². The van der Waals surface area contributed by atoms with Gasteiger partial charge in [0.25, 0.3) is 0 Å². The van der Waals surface area contributed by atoms with E-state index >= 15 is 0 Å². The van der Waals surface area contributed by atoms with E-state index in [1.165, 1.54) is 18.0 Å². The number of H-pyrrole nitrogens is 1. The molecule has 0 saturated heterocycles. The van der Waals surface area contributed by atoms with Crippen LogP contribution < -0.4 is 10.5 Å². The highest BCUT2D eigenvalue weighted by Crippen LogP contribution is 2.19. The number of nitrogen functional groups attached to an aromatic ring is 1. The fourth-order valence-corrected chi connectivity index (χ4v) is 3.69. The predicted molar refractivity (Wildman–Crippen MR) is 77.6 cm³/mol. The van der Waals surface area contributed by atoms with Crippen LogP contribution in [0.15, 0.2) is 41.4 Å². The number of thioether (sulfide) groups is 1. The number of nitrogens with two attached hydrogens (primary N) is 1. The van der Waals surface area contributed by atoms with Crippen molar-refractivity contribution in [2.24, 2.45) is 0 Å². The van der Waals surface area contributed by atoms with Gasteiger partial charge in [0.15, 0.2) is 0 Å². The first-order chi connectivity index (χ1) is 9.05. The maximum atomic E-state index is 11.8. The summed E-state index contributed by atoms with van der Waals surface area (Å²) in [5, 5.41) is 6.22. The Morgan fingerprint density at radius 3 is 2.63 bits per heavy atom. The summed E-state index contributed by atoms with van der Waals surface area (Å²) in [6, 6.07) is 8.88. The number of aromatic amines is 1. The largest absolute Gasteiger partial charge is 0.399 e. The Labute approximate surface area is 115 Å². The van der Waals surface area contributed by atoms with E-state index in [9.17, 15) is 8.42 Å². The number of benzene rings is 1. The molecule has 1 aromatic heterocycles. The highest BCUT2D eigenvalue weighted by Gasteiger charge is 2.11. The van der Waals surface area contributed by atoms with Gasteiger partial charge in [-0.25, -0.2) is 8.42 Å². The highest BCUT2D eigenvalue weighted by atomic mass is 32.2. The van der Waals surface area contributed by atoms with Gasteiger partial charge < -0.3 is 5.73 Å². The fraction of sp³-hybridized carbons (Fsp3) is 0.182. The highest BCUT2D eigenvalue weighted by molar-refractivity contribution is 8.01. The second kappa shape index (κ2) is 5.98. The standard InChI is InChI=1S/C11H14N4O2S2/c12-9-1-3-10(4-2-9)18-7-8-19(16,17)15-11-5-6-13-14-11/h1-6H,7-8,12H2,(H2,13,14,15). The van der Waals surface area contributed by atoms with Gasteiger partial charge in [-0.15, -0.1) is 11.8 Å². The first kappa shape index (κ1) is 13.8. The summed E-state index contributed by atoms with van der Waals surface area (Å²) in [5.41, 5.74) is 6.27. The van der Waals surface area contributed by atoms with Crippen LogP contribution >= 0.6 is 11.8 Å². The summed E-state index contributed by atoms with van der Waals surface area (Å²) in [6.45, 7) is 0. The van der Waals surface area contributed by atoms with Crippen molar-refractivity contribution in [3.05, 3.63) is 36.5 Å². The molecule has 4 N–H and O–H groups in total. The van der Waals surface area contributed by atoms with Gasteiger partial charge in [0.05, 0.1) is 11.9 Å². The molecule has 0 radical (unpaired) electrons. The first-order valence-corrected chi connectivity index (χ1v) is 8.17. The Morgan fingerprint density at radius 2 is 2.00 bits per heavy atom. The lowest BCUT2D eigenvalue weighted by Crippen LogP contribution is -2.18. The number of nitrogens with zero attached hydrogens (tertiary/aromatic N) is 1. The molecule has 0 bridgehead atoms. The minimum Gasteiger partial charge on any atom is -0.399 e. The van der Waals surface area contributed by atoms with Crippen LogP contribution in [0.2, 0.25) is 0 Å². The molecule has 0 unspecified atom stereocenters. The lowest BCUT2D eigenvalue weighted by atomic mass is 10.3. The van der Waals surface area contributed by atoms with Crippen molar-refractivity contribution in [2.75, 3.05) is 22.0 Å². The molecule has 6 nitrogen and oxygen atoms in total. The second-order valence-corrected chi connectivity index (χ2v) is 6.82. The number of anilines is 2. The quantitative estimate of drug-likeness (QED) is 0.554. The van der Waals surface area contributed by atoms with Crippen LogP contribution in [0.25, 0.3) is 0 Å². The number of hydrogen-bond donors (Lipinski definition) is 3. The van der Waals surface area contributed by atoms with Crippen LogP contribution in [0.3, 0.4) is 0 Å². The topological polar surface area (TPSA) is 101 Å². The fourth-order valence-electron chi connectivity index (χ4n) is 1.36. The Hall–Kier alpha value is -1.67. The number of hydrogen-bond acceptors (Lipinski definition) is 5. The molecule has 2 rings (SSSR count). The molecule has 1 heterocycles. The predicted octanol–water partition coefficient (Wildman–Crippen LogP) is 1.53. The molecular weight excluding hydrogens is 284 g/mol. The summed E-state index contributed by atoms with van der Waals surface area (Å²) in [5.74, 6) is 0.867. The second-order valence-electron chi connectivity index (χ2n) is 3.81. The summed E-state index contributed by atoms with van der Waals surface area (Å²) >= 11 is 1.47. The van der Waals surface area contributed by atoms with E-state index in [1.807, 2.05) is 12.1 Å². The van der Waals surface area contributed by atoms with Gasteiger partial charge in [0.1, 0.15) is 5.82 Å². The number of aromatic nitrogens is 2. The number of rotatable bonds is 6. The lowest BCUT2D eigenvalue weighted by Gasteiger charge is -2.05. The van der Waals surface area contributed by atoms with E-state index in [0.29, 0.717) is 17.3 Å². The van der Waals surface area contributed by atoms with Gasteiger partial charge in [-0.2, -0.15) is 5.10 Å². The maximum absolute atomic E-state index is 11.8. The molecule has 0 atom stereocenters. The van der Waals surface area contributed by atoms with Crippen molar-refractivity contribution < 1.29 is 8.42 Å². The van der Waals surface area contributed by atoms with Gasteiger partial charge in [-0.1, -0.05) is 0 Å².